The fourth-order valence-corrected chi connectivity index (χ4v) is 3.18. The minimum Gasteiger partial charge on any atom is -0.507 e. The number of ether oxygens (including phenoxy) is 1. The summed E-state index contributed by atoms with van der Waals surface area (Å²) in [6.07, 6.45) is 4.96. The van der Waals surface area contributed by atoms with Gasteiger partial charge in [0.1, 0.15) is 35.5 Å². The molecule has 0 amide bonds. The van der Waals surface area contributed by atoms with Gasteiger partial charge in [-0.25, -0.2) is 4.99 Å². The highest BCUT2D eigenvalue weighted by Gasteiger charge is 2.30. The molecule has 7 nitrogen and oxygen atoms in total. The van der Waals surface area contributed by atoms with Gasteiger partial charge >= 0.3 is 0 Å². The molecule has 144 valence electrons. The van der Waals surface area contributed by atoms with E-state index in [9.17, 15) is 5.11 Å². The average Bonchev–Trinajstić information content (AvgIpc) is 3.19. The highest BCUT2D eigenvalue weighted by atomic mass is 16.5. The molecule has 1 aromatic carbocycles. The second kappa shape index (κ2) is 7.82. The van der Waals surface area contributed by atoms with Crippen molar-refractivity contribution in [1.82, 2.24) is 14.8 Å². The molecule has 0 saturated heterocycles. The summed E-state index contributed by atoms with van der Waals surface area (Å²) in [6.45, 7) is 2.81. The first kappa shape index (κ1) is 18.2. The maximum Gasteiger partial charge on any atom is 0.145 e. The minimum absolute atomic E-state index is 0.118. The van der Waals surface area contributed by atoms with Crippen LogP contribution in [0.4, 0.5) is 5.69 Å². The molecule has 2 aliphatic heterocycles. The summed E-state index contributed by atoms with van der Waals surface area (Å²) in [7, 11) is 4.02. The fraction of sp³-hybridized carbons (Fsp3) is 0.286. The van der Waals surface area contributed by atoms with Crippen molar-refractivity contribution in [3.8, 4) is 5.75 Å². The van der Waals surface area contributed by atoms with Crippen LogP contribution in [0.2, 0.25) is 0 Å². The lowest BCUT2D eigenvalue weighted by Crippen LogP contribution is -2.36. The van der Waals surface area contributed by atoms with Gasteiger partial charge < -0.3 is 19.6 Å². The van der Waals surface area contributed by atoms with Crippen molar-refractivity contribution < 1.29 is 9.84 Å². The molecular formula is C21H23N5O2. The van der Waals surface area contributed by atoms with Crippen molar-refractivity contribution in [1.29, 1.82) is 0 Å². The maximum atomic E-state index is 10.5. The zero-order valence-corrected chi connectivity index (χ0v) is 16.0. The van der Waals surface area contributed by atoms with Crippen LogP contribution in [0.1, 0.15) is 11.1 Å². The van der Waals surface area contributed by atoms with E-state index in [0.717, 1.165) is 35.9 Å². The molecule has 0 aliphatic carbocycles. The fourth-order valence-electron chi connectivity index (χ4n) is 3.18. The van der Waals surface area contributed by atoms with Crippen LogP contribution in [0, 0.1) is 0 Å². The normalized spacial score (nSPS) is 15.8. The van der Waals surface area contributed by atoms with E-state index >= 15 is 0 Å². The zero-order valence-electron chi connectivity index (χ0n) is 16.0. The van der Waals surface area contributed by atoms with Crippen molar-refractivity contribution in [3.63, 3.8) is 0 Å². The Morgan fingerprint density at radius 2 is 2.18 bits per heavy atom. The first-order valence-corrected chi connectivity index (χ1v) is 9.26. The number of aliphatic hydroxyl groups is 1. The van der Waals surface area contributed by atoms with E-state index in [2.05, 4.69) is 14.9 Å². The van der Waals surface area contributed by atoms with E-state index in [4.69, 9.17) is 9.73 Å². The third-order valence-corrected chi connectivity index (χ3v) is 4.60. The van der Waals surface area contributed by atoms with Gasteiger partial charge in [-0.1, -0.05) is 6.07 Å². The van der Waals surface area contributed by atoms with Gasteiger partial charge in [0.15, 0.2) is 0 Å². The predicted octanol–water partition coefficient (Wildman–Crippen LogP) is 2.73. The van der Waals surface area contributed by atoms with Gasteiger partial charge in [0.25, 0.3) is 0 Å². The van der Waals surface area contributed by atoms with E-state index < -0.39 is 0 Å². The molecule has 2 aromatic rings. The van der Waals surface area contributed by atoms with Crippen LogP contribution in [0.3, 0.4) is 0 Å². The van der Waals surface area contributed by atoms with Crippen LogP contribution in [-0.4, -0.2) is 71.9 Å². The molecule has 28 heavy (non-hydrogen) atoms. The third kappa shape index (κ3) is 3.61. The molecular weight excluding hydrogens is 354 g/mol. The number of likely N-dealkylation sites (N-methyl/N-ethyl adjacent to an activating group) is 1. The van der Waals surface area contributed by atoms with Crippen LogP contribution < -0.4 is 4.74 Å². The molecule has 3 heterocycles. The van der Waals surface area contributed by atoms with E-state index in [1.807, 2.05) is 43.3 Å². The first-order valence-electron chi connectivity index (χ1n) is 9.26. The largest absolute Gasteiger partial charge is 0.507 e. The van der Waals surface area contributed by atoms with E-state index in [1.54, 1.807) is 24.5 Å². The number of aromatic nitrogens is 1. The average molecular weight is 377 g/mol. The summed E-state index contributed by atoms with van der Waals surface area (Å²) in [6, 6.07) is 9.50. The number of hydrogen-bond acceptors (Lipinski definition) is 7. The number of hydrogen-bond donors (Lipinski definition) is 1. The van der Waals surface area contributed by atoms with Crippen molar-refractivity contribution in [2.45, 2.75) is 0 Å². The number of benzene rings is 1. The number of rotatable bonds is 6. The van der Waals surface area contributed by atoms with Gasteiger partial charge in [0.2, 0.25) is 0 Å². The Morgan fingerprint density at radius 1 is 1.29 bits per heavy atom. The lowest BCUT2D eigenvalue weighted by Gasteiger charge is -2.27. The highest BCUT2D eigenvalue weighted by molar-refractivity contribution is 6.20. The van der Waals surface area contributed by atoms with E-state index in [-0.39, 0.29) is 5.76 Å². The van der Waals surface area contributed by atoms with Gasteiger partial charge in [-0.05, 0) is 38.4 Å². The summed E-state index contributed by atoms with van der Waals surface area (Å²) in [5.41, 5.74) is 2.35. The lowest BCUT2D eigenvalue weighted by molar-refractivity contribution is 0.262. The number of nitrogens with zero attached hydrogens (tertiary/aromatic N) is 5. The number of aliphatic imine (C=N–C) groups is 2. The van der Waals surface area contributed by atoms with Crippen LogP contribution in [0.5, 0.6) is 5.75 Å². The maximum absolute atomic E-state index is 10.5. The predicted molar refractivity (Wildman–Crippen MR) is 111 cm³/mol. The van der Waals surface area contributed by atoms with Crippen molar-refractivity contribution >= 4 is 23.1 Å². The third-order valence-electron chi connectivity index (χ3n) is 4.60. The SMILES string of the molecule is CN(C)CCOc1cccc2c1N=C(/C=C(\O)c1cccnc1)N1CCN=C21. The molecule has 1 N–H and O–H groups in total. The molecule has 1 aromatic heterocycles. The summed E-state index contributed by atoms with van der Waals surface area (Å²) in [5.74, 6) is 2.36. The van der Waals surface area contributed by atoms with Crippen LogP contribution in [-0.2, 0) is 0 Å². The number of para-hydroxylation sites is 1. The summed E-state index contributed by atoms with van der Waals surface area (Å²) >= 11 is 0. The second-order valence-electron chi connectivity index (χ2n) is 6.90. The van der Waals surface area contributed by atoms with Gasteiger partial charge in [0.05, 0.1) is 6.54 Å². The Labute approximate surface area is 164 Å². The highest BCUT2D eigenvalue weighted by Crippen LogP contribution is 2.37. The van der Waals surface area contributed by atoms with Gasteiger partial charge in [0, 0.05) is 42.7 Å². The molecule has 2 aliphatic rings. The number of amidine groups is 2. The second-order valence-corrected chi connectivity index (χ2v) is 6.90. The molecule has 0 bridgehead atoms. The van der Waals surface area contributed by atoms with Crippen molar-refractivity contribution in [2.75, 3.05) is 40.3 Å². The molecule has 0 spiro atoms. The van der Waals surface area contributed by atoms with Crippen LogP contribution in [0.15, 0.2) is 58.8 Å². The molecule has 0 saturated carbocycles. The van der Waals surface area contributed by atoms with E-state index in [1.165, 1.54) is 0 Å². The molecule has 0 radical (unpaired) electrons. The van der Waals surface area contributed by atoms with Gasteiger partial charge in [-0.2, -0.15) is 0 Å². The lowest BCUT2D eigenvalue weighted by atomic mass is 10.1. The Hall–Kier alpha value is -3.19. The molecule has 4 rings (SSSR count). The standard InChI is InChI=1S/C21H23N5O2/c1-25(2)11-12-28-18-7-3-6-16-20(18)24-19(26-10-9-23-21(16)26)13-17(27)15-5-4-8-22-14-15/h3-8,13-14,27H,9-12H2,1-2H3/b17-13-. The van der Waals surface area contributed by atoms with Crippen LogP contribution in [0.25, 0.3) is 5.76 Å². The summed E-state index contributed by atoms with van der Waals surface area (Å²) < 4.78 is 5.99. The number of fused-ring (bicyclic) bond motifs is 3. The van der Waals surface area contributed by atoms with Crippen molar-refractivity contribution in [3.05, 3.63) is 59.9 Å². The Bertz CT molecular complexity index is 951. The Morgan fingerprint density at radius 3 is 2.96 bits per heavy atom. The van der Waals surface area contributed by atoms with Gasteiger partial charge in [-0.3, -0.25) is 9.98 Å². The van der Waals surface area contributed by atoms with E-state index in [0.29, 0.717) is 24.6 Å². The van der Waals surface area contributed by atoms with Gasteiger partial charge in [-0.15, -0.1) is 0 Å². The number of aliphatic hydroxyl groups excluding tert-OH is 1. The first-order chi connectivity index (χ1) is 13.6. The topological polar surface area (TPSA) is 73.6 Å². The minimum atomic E-state index is 0.118. The quantitative estimate of drug-likeness (QED) is 0.784. The smallest absolute Gasteiger partial charge is 0.145 e. The molecule has 0 unspecified atom stereocenters. The number of pyridine rings is 1. The molecule has 7 heteroatoms. The molecule has 0 atom stereocenters. The van der Waals surface area contributed by atoms with Crippen molar-refractivity contribution in [2.24, 2.45) is 9.98 Å². The summed E-state index contributed by atoms with van der Waals surface area (Å²) in [4.78, 5) is 17.6. The zero-order chi connectivity index (χ0) is 19.5. The Kier molecular flexibility index (Phi) is 5.08. The molecule has 0 fully saturated rings. The Balaban J connectivity index is 1.72. The van der Waals surface area contributed by atoms with Crippen LogP contribution >= 0.6 is 0 Å². The monoisotopic (exact) mass is 377 g/mol. The summed E-state index contributed by atoms with van der Waals surface area (Å²) in [5, 5.41) is 10.5.